The number of fused-ring (bicyclic) bond motifs is 1. The van der Waals surface area contributed by atoms with Crippen LogP contribution >= 0.6 is 0 Å². The Kier molecular flexibility index (Phi) is 7.71. The number of ether oxygens (including phenoxy) is 2. The summed E-state index contributed by atoms with van der Waals surface area (Å²) in [7, 11) is -0.858. The van der Waals surface area contributed by atoms with Crippen LogP contribution in [-0.4, -0.2) is 34.3 Å². The molecule has 0 saturated carbocycles. The van der Waals surface area contributed by atoms with Gasteiger partial charge in [0.15, 0.2) is 5.78 Å². The van der Waals surface area contributed by atoms with E-state index in [2.05, 4.69) is 4.40 Å². The van der Waals surface area contributed by atoms with Crippen molar-refractivity contribution in [2.45, 2.75) is 30.7 Å². The molecular formula is C32H30N2O5S. The van der Waals surface area contributed by atoms with Crippen LogP contribution in [0.3, 0.4) is 0 Å². The molecule has 1 atom stereocenters. The van der Waals surface area contributed by atoms with E-state index in [1.807, 2.05) is 60.4 Å². The first kappa shape index (κ1) is 27.1. The van der Waals surface area contributed by atoms with Crippen LogP contribution in [0.4, 0.5) is 5.69 Å². The molecule has 7 nitrogen and oxygen atoms in total. The number of hydrogen-bond donors (Lipinski definition) is 0. The van der Waals surface area contributed by atoms with Gasteiger partial charge in [-0.1, -0.05) is 42.0 Å². The molecule has 1 heterocycles. The smallest absolute Gasteiger partial charge is 0.283 e. The largest absolute Gasteiger partial charge is 0.497 e. The van der Waals surface area contributed by atoms with Gasteiger partial charge in [0.25, 0.3) is 10.0 Å². The summed E-state index contributed by atoms with van der Waals surface area (Å²) < 4.78 is 42.0. The standard InChI is InChI=1S/C32H30N2O5S/c1-22-8-18-28(19-9-22)40(36,37)33-32-20-24-6-4-5-7-29(24)30(34(32)25-12-16-27(39-3)17-13-25)21-31(35)23-10-14-26(38-2)15-11-23/h4-19,30H,20-21H2,1-3H3/b33-32+. The van der Waals surface area contributed by atoms with Crippen molar-refractivity contribution in [2.24, 2.45) is 4.40 Å². The van der Waals surface area contributed by atoms with Crippen LogP contribution in [0.15, 0.2) is 106 Å². The maximum absolute atomic E-state index is 13.6. The molecule has 0 bridgehead atoms. The molecule has 8 heteroatoms. The first-order chi connectivity index (χ1) is 19.3. The van der Waals surface area contributed by atoms with Crippen molar-refractivity contribution in [3.8, 4) is 11.5 Å². The molecule has 1 unspecified atom stereocenters. The first-order valence-corrected chi connectivity index (χ1v) is 14.3. The minimum absolute atomic E-state index is 0.0800. The molecule has 40 heavy (non-hydrogen) atoms. The second-order valence-corrected chi connectivity index (χ2v) is 11.2. The molecule has 0 amide bonds. The predicted molar refractivity (Wildman–Crippen MR) is 156 cm³/mol. The fraction of sp³-hybridized carbons (Fsp3) is 0.188. The maximum atomic E-state index is 13.6. The van der Waals surface area contributed by atoms with Gasteiger partial charge >= 0.3 is 0 Å². The van der Waals surface area contributed by atoms with E-state index in [-0.39, 0.29) is 17.1 Å². The number of nitrogens with zero attached hydrogens (tertiary/aromatic N) is 2. The maximum Gasteiger partial charge on any atom is 0.283 e. The van der Waals surface area contributed by atoms with Gasteiger partial charge in [0.1, 0.15) is 17.3 Å². The fourth-order valence-electron chi connectivity index (χ4n) is 4.92. The highest BCUT2D eigenvalue weighted by Crippen LogP contribution is 2.39. The van der Waals surface area contributed by atoms with Gasteiger partial charge in [0.2, 0.25) is 0 Å². The molecule has 0 radical (unpaired) electrons. The van der Waals surface area contributed by atoms with Gasteiger partial charge < -0.3 is 14.4 Å². The summed E-state index contributed by atoms with van der Waals surface area (Å²) >= 11 is 0. The molecule has 0 aromatic heterocycles. The van der Waals surface area contributed by atoms with Crippen LogP contribution in [-0.2, 0) is 16.4 Å². The van der Waals surface area contributed by atoms with Gasteiger partial charge in [-0.15, -0.1) is 4.40 Å². The number of carbonyl (C=O) groups excluding carboxylic acids is 1. The number of rotatable bonds is 8. The second-order valence-electron chi connectivity index (χ2n) is 9.61. The van der Waals surface area contributed by atoms with E-state index in [1.165, 1.54) is 0 Å². The highest BCUT2D eigenvalue weighted by molar-refractivity contribution is 7.90. The van der Waals surface area contributed by atoms with Crippen molar-refractivity contribution in [3.05, 3.63) is 119 Å². The molecule has 4 aromatic carbocycles. The zero-order valence-electron chi connectivity index (χ0n) is 22.6. The molecule has 0 N–H and O–H groups in total. The molecule has 4 aromatic rings. The highest BCUT2D eigenvalue weighted by atomic mass is 32.2. The van der Waals surface area contributed by atoms with E-state index in [0.29, 0.717) is 35.0 Å². The lowest BCUT2D eigenvalue weighted by atomic mass is 9.87. The number of aryl methyl sites for hydroxylation is 1. The van der Waals surface area contributed by atoms with Gasteiger partial charge in [-0.25, -0.2) is 0 Å². The molecule has 0 aliphatic carbocycles. The molecule has 0 saturated heterocycles. The number of methoxy groups -OCH3 is 2. The third kappa shape index (κ3) is 5.62. The van der Waals surface area contributed by atoms with Gasteiger partial charge in [-0.2, -0.15) is 8.42 Å². The van der Waals surface area contributed by atoms with E-state index < -0.39 is 16.1 Å². The monoisotopic (exact) mass is 554 g/mol. The lowest BCUT2D eigenvalue weighted by Crippen LogP contribution is -2.42. The van der Waals surface area contributed by atoms with Crippen molar-refractivity contribution < 1.29 is 22.7 Å². The topological polar surface area (TPSA) is 85.3 Å². The summed E-state index contributed by atoms with van der Waals surface area (Å²) in [6.07, 6.45) is 0.402. The van der Waals surface area contributed by atoms with Crippen molar-refractivity contribution >= 4 is 27.3 Å². The van der Waals surface area contributed by atoms with Gasteiger partial charge in [0, 0.05) is 24.1 Å². The number of sulfonamides is 1. The SMILES string of the molecule is COc1ccc(C(=O)CC2c3ccccc3C/C(=N\S(=O)(=O)c3ccc(C)cc3)N2c2ccc(OC)cc2)cc1. The minimum Gasteiger partial charge on any atom is -0.497 e. The summed E-state index contributed by atoms with van der Waals surface area (Å²) in [5.41, 5.74) is 4.09. The normalized spacial score (nSPS) is 15.9. The lowest BCUT2D eigenvalue weighted by Gasteiger charge is -2.39. The average molecular weight is 555 g/mol. The summed E-state index contributed by atoms with van der Waals surface area (Å²) in [5, 5.41) is 0. The molecule has 0 spiro atoms. The Balaban J connectivity index is 1.63. The number of Topliss-reactive ketones (excluding diaryl/α,β-unsaturated/α-hetero) is 1. The summed E-state index contributed by atoms with van der Waals surface area (Å²) in [6.45, 7) is 1.90. The van der Waals surface area contributed by atoms with E-state index in [1.54, 1.807) is 62.8 Å². The molecular weight excluding hydrogens is 524 g/mol. The Hall–Kier alpha value is -4.43. The van der Waals surface area contributed by atoms with Crippen LogP contribution < -0.4 is 14.4 Å². The second kappa shape index (κ2) is 11.4. The van der Waals surface area contributed by atoms with E-state index in [0.717, 1.165) is 16.7 Å². The Morgan fingerprint density at radius 3 is 2.08 bits per heavy atom. The van der Waals surface area contributed by atoms with Crippen molar-refractivity contribution in [1.82, 2.24) is 0 Å². The zero-order valence-corrected chi connectivity index (χ0v) is 23.4. The van der Waals surface area contributed by atoms with Crippen LogP contribution in [0.1, 0.15) is 39.5 Å². The molecule has 1 aliphatic rings. The number of carbonyl (C=O) groups is 1. The van der Waals surface area contributed by atoms with Gasteiger partial charge in [-0.05, 0) is 78.7 Å². The van der Waals surface area contributed by atoms with Crippen LogP contribution in [0.2, 0.25) is 0 Å². The van der Waals surface area contributed by atoms with Gasteiger partial charge in [-0.3, -0.25) is 4.79 Å². The van der Waals surface area contributed by atoms with E-state index in [4.69, 9.17) is 9.47 Å². The molecule has 1 aliphatic heterocycles. The van der Waals surface area contributed by atoms with Crippen LogP contribution in [0.25, 0.3) is 0 Å². The summed E-state index contributed by atoms with van der Waals surface area (Å²) in [5.74, 6) is 1.59. The number of benzene rings is 4. The number of ketones is 1. The first-order valence-electron chi connectivity index (χ1n) is 12.9. The predicted octanol–water partition coefficient (Wildman–Crippen LogP) is 6.18. The molecule has 204 valence electrons. The Bertz CT molecular complexity index is 1650. The van der Waals surface area contributed by atoms with E-state index in [9.17, 15) is 13.2 Å². The third-order valence-corrected chi connectivity index (χ3v) is 8.36. The van der Waals surface area contributed by atoms with E-state index >= 15 is 0 Å². The summed E-state index contributed by atoms with van der Waals surface area (Å²) in [4.78, 5) is 15.6. The number of hydrogen-bond acceptors (Lipinski definition) is 5. The lowest BCUT2D eigenvalue weighted by molar-refractivity contribution is 0.0974. The quantitative estimate of drug-likeness (QED) is 0.242. The fourth-order valence-corrected chi connectivity index (χ4v) is 5.93. The number of anilines is 1. The minimum atomic E-state index is -4.02. The number of amidine groups is 1. The van der Waals surface area contributed by atoms with Gasteiger partial charge in [0.05, 0.1) is 25.2 Å². The van der Waals surface area contributed by atoms with Crippen LogP contribution in [0.5, 0.6) is 11.5 Å². The Morgan fingerprint density at radius 1 is 0.850 bits per heavy atom. The van der Waals surface area contributed by atoms with Crippen molar-refractivity contribution in [3.63, 3.8) is 0 Å². The Labute approximate surface area is 234 Å². The zero-order chi connectivity index (χ0) is 28.3. The Morgan fingerprint density at radius 2 is 1.45 bits per heavy atom. The van der Waals surface area contributed by atoms with Crippen molar-refractivity contribution in [2.75, 3.05) is 19.1 Å². The molecule has 5 rings (SSSR count). The summed E-state index contributed by atoms with van der Waals surface area (Å²) in [6, 6.07) is 28.2. The van der Waals surface area contributed by atoms with Crippen LogP contribution in [0, 0.1) is 6.92 Å². The third-order valence-electron chi connectivity index (χ3n) is 7.04. The average Bonchev–Trinajstić information content (AvgIpc) is 2.97. The van der Waals surface area contributed by atoms with Crippen molar-refractivity contribution in [1.29, 1.82) is 0 Å². The molecule has 0 fully saturated rings. The highest BCUT2D eigenvalue weighted by Gasteiger charge is 2.35.